The summed E-state index contributed by atoms with van der Waals surface area (Å²) in [5.74, 6) is 0.0297. The molecule has 6 nitrogen and oxygen atoms in total. The molecule has 0 radical (unpaired) electrons. The Bertz CT molecular complexity index is 901. The van der Waals surface area contributed by atoms with Gasteiger partial charge in [0.25, 0.3) is 0 Å². The maximum Gasteiger partial charge on any atom is 0.229 e. The molecule has 2 rings (SSSR count). The fourth-order valence-corrected chi connectivity index (χ4v) is 2.98. The third-order valence-electron chi connectivity index (χ3n) is 3.13. The number of halogens is 2. The summed E-state index contributed by atoms with van der Waals surface area (Å²) in [6.07, 6.45) is 1.15. The Kier molecular flexibility index (Phi) is 6.16. The molecule has 1 amide bonds. The van der Waals surface area contributed by atoms with Crippen molar-refractivity contribution >= 4 is 50.5 Å². The molecular weight excluding hydrogens is 387 g/mol. The molecule has 0 bridgehead atoms. The SMILES string of the molecule is COc1cc(NC(=O)Cc2ccc(Cl)c(Cl)c2)ccc1NS(C)(=O)=O. The van der Waals surface area contributed by atoms with Crippen LogP contribution in [0.5, 0.6) is 5.75 Å². The van der Waals surface area contributed by atoms with Crippen molar-refractivity contribution in [2.24, 2.45) is 0 Å². The van der Waals surface area contributed by atoms with Crippen LogP contribution >= 0.6 is 23.2 Å². The van der Waals surface area contributed by atoms with Crippen LogP contribution in [0.1, 0.15) is 5.56 Å². The molecule has 25 heavy (non-hydrogen) atoms. The Morgan fingerprint density at radius 2 is 1.84 bits per heavy atom. The van der Waals surface area contributed by atoms with Gasteiger partial charge >= 0.3 is 0 Å². The van der Waals surface area contributed by atoms with Crippen LogP contribution in [0.2, 0.25) is 10.0 Å². The van der Waals surface area contributed by atoms with Crippen molar-refractivity contribution < 1.29 is 17.9 Å². The van der Waals surface area contributed by atoms with Crippen LogP contribution in [-0.2, 0) is 21.2 Å². The number of nitrogens with one attached hydrogen (secondary N) is 2. The molecule has 9 heteroatoms. The molecule has 0 atom stereocenters. The van der Waals surface area contributed by atoms with Crippen molar-refractivity contribution in [2.45, 2.75) is 6.42 Å². The number of methoxy groups -OCH3 is 1. The molecule has 0 spiro atoms. The predicted molar refractivity (Wildman–Crippen MR) is 100 cm³/mol. The van der Waals surface area contributed by atoms with Gasteiger partial charge in [0.05, 0.1) is 35.5 Å². The number of ether oxygens (including phenoxy) is 1. The van der Waals surface area contributed by atoms with E-state index in [0.717, 1.165) is 6.26 Å². The van der Waals surface area contributed by atoms with Gasteiger partial charge in [-0.2, -0.15) is 0 Å². The van der Waals surface area contributed by atoms with E-state index in [1.807, 2.05) is 0 Å². The zero-order valence-corrected chi connectivity index (χ0v) is 15.8. The normalized spacial score (nSPS) is 11.0. The number of anilines is 2. The van der Waals surface area contributed by atoms with Crippen molar-refractivity contribution in [1.29, 1.82) is 0 Å². The summed E-state index contributed by atoms with van der Waals surface area (Å²) in [5.41, 5.74) is 1.47. The topological polar surface area (TPSA) is 84.5 Å². The number of benzene rings is 2. The van der Waals surface area contributed by atoms with Crippen molar-refractivity contribution in [3.8, 4) is 5.75 Å². The second kappa shape index (κ2) is 7.95. The molecule has 134 valence electrons. The lowest BCUT2D eigenvalue weighted by Crippen LogP contribution is -2.15. The maximum atomic E-state index is 12.2. The molecule has 2 aromatic rings. The van der Waals surface area contributed by atoms with Gasteiger partial charge < -0.3 is 10.1 Å². The minimum atomic E-state index is -3.43. The van der Waals surface area contributed by atoms with Crippen LogP contribution in [0.25, 0.3) is 0 Å². The molecule has 0 heterocycles. The van der Waals surface area contributed by atoms with E-state index in [1.54, 1.807) is 24.3 Å². The zero-order chi connectivity index (χ0) is 18.6. The van der Waals surface area contributed by atoms with Gasteiger partial charge in [-0.25, -0.2) is 8.42 Å². The quantitative estimate of drug-likeness (QED) is 0.773. The van der Waals surface area contributed by atoms with E-state index < -0.39 is 10.0 Å². The number of carbonyl (C=O) groups is 1. The zero-order valence-electron chi connectivity index (χ0n) is 13.5. The Hall–Kier alpha value is -1.96. The van der Waals surface area contributed by atoms with Gasteiger partial charge in [0, 0.05) is 11.8 Å². The number of hydrogen-bond donors (Lipinski definition) is 2. The molecule has 2 N–H and O–H groups in total. The second-order valence-electron chi connectivity index (χ2n) is 5.26. The molecule has 0 aliphatic rings. The lowest BCUT2D eigenvalue weighted by atomic mass is 10.1. The van der Waals surface area contributed by atoms with Crippen LogP contribution in [0, 0.1) is 0 Å². The van der Waals surface area contributed by atoms with Crippen LogP contribution in [0.3, 0.4) is 0 Å². The molecule has 2 aromatic carbocycles. The molecule has 0 aliphatic heterocycles. The van der Waals surface area contributed by atoms with E-state index in [9.17, 15) is 13.2 Å². The minimum Gasteiger partial charge on any atom is -0.494 e. The van der Waals surface area contributed by atoms with E-state index in [2.05, 4.69) is 10.0 Å². The summed E-state index contributed by atoms with van der Waals surface area (Å²) in [4.78, 5) is 12.2. The third kappa shape index (κ3) is 5.81. The highest BCUT2D eigenvalue weighted by Crippen LogP contribution is 2.29. The van der Waals surface area contributed by atoms with Crippen LogP contribution in [0.15, 0.2) is 36.4 Å². The first-order valence-electron chi connectivity index (χ1n) is 7.07. The first kappa shape index (κ1) is 19.4. The van der Waals surface area contributed by atoms with Crippen molar-refractivity contribution in [1.82, 2.24) is 0 Å². The molecule has 0 aliphatic carbocycles. The summed E-state index contributed by atoms with van der Waals surface area (Å²) in [7, 11) is -2.03. The fraction of sp³-hybridized carbons (Fsp3) is 0.188. The first-order valence-corrected chi connectivity index (χ1v) is 9.72. The fourth-order valence-electron chi connectivity index (χ4n) is 2.09. The smallest absolute Gasteiger partial charge is 0.229 e. The standard InChI is InChI=1S/C16H16Cl2N2O4S/c1-24-15-9-11(4-6-14(15)20-25(2,22)23)19-16(21)8-10-3-5-12(17)13(18)7-10/h3-7,9,20H,8H2,1-2H3,(H,19,21). The molecule has 0 unspecified atom stereocenters. The van der Waals surface area contributed by atoms with E-state index in [4.69, 9.17) is 27.9 Å². The summed E-state index contributed by atoms with van der Waals surface area (Å²) in [6, 6.07) is 9.58. The number of sulfonamides is 1. The van der Waals surface area contributed by atoms with Crippen LogP contribution in [0.4, 0.5) is 11.4 Å². The summed E-state index contributed by atoms with van der Waals surface area (Å²) >= 11 is 11.8. The van der Waals surface area contributed by atoms with Gasteiger partial charge in [-0.3, -0.25) is 9.52 Å². The molecular formula is C16H16Cl2N2O4S. The Balaban J connectivity index is 2.11. The molecule has 0 saturated heterocycles. The van der Waals surface area contributed by atoms with Crippen molar-refractivity contribution in [3.05, 3.63) is 52.0 Å². The molecule has 0 fully saturated rings. The van der Waals surface area contributed by atoms with Crippen LogP contribution < -0.4 is 14.8 Å². The van der Waals surface area contributed by atoms with Crippen molar-refractivity contribution in [3.63, 3.8) is 0 Å². The second-order valence-corrected chi connectivity index (χ2v) is 7.83. The van der Waals surface area contributed by atoms with E-state index in [0.29, 0.717) is 21.3 Å². The molecule has 0 aromatic heterocycles. The average molecular weight is 403 g/mol. The van der Waals surface area contributed by atoms with Gasteiger partial charge in [-0.15, -0.1) is 0 Å². The highest BCUT2D eigenvalue weighted by molar-refractivity contribution is 7.92. The average Bonchev–Trinajstić information content (AvgIpc) is 2.51. The summed E-state index contributed by atoms with van der Waals surface area (Å²) < 4.78 is 30.1. The largest absolute Gasteiger partial charge is 0.494 e. The lowest BCUT2D eigenvalue weighted by Gasteiger charge is -2.12. The maximum absolute atomic E-state index is 12.2. The van der Waals surface area contributed by atoms with E-state index in [1.165, 1.54) is 19.2 Å². The van der Waals surface area contributed by atoms with Gasteiger partial charge in [0.2, 0.25) is 15.9 Å². The lowest BCUT2D eigenvalue weighted by molar-refractivity contribution is -0.115. The Labute approximate surface area is 156 Å². The Morgan fingerprint density at radius 3 is 2.44 bits per heavy atom. The van der Waals surface area contributed by atoms with Crippen molar-refractivity contribution in [2.75, 3.05) is 23.4 Å². The summed E-state index contributed by atoms with van der Waals surface area (Å²) in [5, 5.41) is 3.52. The monoisotopic (exact) mass is 402 g/mol. The number of hydrogen-bond acceptors (Lipinski definition) is 4. The van der Waals surface area contributed by atoms with Gasteiger partial charge in [0.15, 0.2) is 0 Å². The van der Waals surface area contributed by atoms with Gasteiger partial charge in [0.1, 0.15) is 5.75 Å². The first-order chi connectivity index (χ1) is 11.7. The van der Waals surface area contributed by atoms with Gasteiger partial charge in [-0.05, 0) is 29.8 Å². The Morgan fingerprint density at radius 1 is 1.12 bits per heavy atom. The van der Waals surface area contributed by atoms with Gasteiger partial charge in [-0.1, -0.05) is 29.3 Å². The van der Waals surface area contributed by atoms with E-state index >= 15 is 0 Å². The van der Waals surface area contributed by atoms with E-state index in [-0.39, 0.29) is 23.8 Å². The highest BCUT2D eigenvalue weighted by Gasteiger charge is 2.11. The number of rotatable bonds is 6. The summed E-state index contributed by atoms with van der Waals surface area (Å²) in [6.45, 7) is 0. The van der Waals surface area contributed by atoms with Crippen LogP contribution in [-0.4, -0.2) is 27.7 Å². The minimum absolute atomic E-state index is 0.114. The number of carbonyl (C=O) groups excluding carboxylic acids is 1. The predicted octanol–water partition coefficient (Wildman–Crippen LogP) is 3.55. The third-order valence-corrected chi connectivity index (χ3v) is 4.46. The highest BCUT2D eigenvalue weighted by atomic mass is 35.5. The molecule has 0 saturated carbocycles. The number of amides is 1.